The summed E-state index contributed by atoms with van der Waals surface area (Å²) < 4.78 is 11.7. The fraction of sp³-hybridized carbons (Fsp3) is 0.469. The summed E-state index contributed by atoms with van der Waals surface area (Å²) in [4.78, 5) is 13.1. The van der Waals surface area contributed by atoms with Gasteiger partial charge in [0, 0.05) is 5.57 Å². The van der Waals surface area contributed by atoms with Crippen molar-refractivity contribution in [1.82, 2.24) is 0 Å². The fourth-order valence-corrected chi connectivity index (χ4v) is 8.09. The van der Waals surface area contributed by atoms with Gasteiger partial charge in [-0.05, 0) is 109 Å². The fourth-order valence-electron chi connectivity index (χ4n) is 8.09. The highest BCUT2D eigenvalue weighted by molar-refractivity contribution is 6.21. The van der Waals surface area contributed by atoms with Gasteiger partial charge < -0.3 is 14.6 Å². The van der Waals surface area contributed by atoms with E-state index in [4.69, 9.17) is 9.47 Å². The van der Waals surface area contributed by atoms with Crippen LogP contribution in [0.25, 0.3) is 11.1 Å². The molecule has 2 aromatic carbocycles. The molecular formula is C32H35O4-. The first-order chi connectivity index (χ1) is 17.5. The molecule has 0 radical (unpaired) electrons. The standard InChI is InChI=1S/C32H36O4/c1-3-35-31(34)30-28(20(2)33)27-16-25(9-10-26(27)29(30)24-7-5-4-6-8-24)36-12-11-32-17-21-13-22(18-32)15-23(14-21)19-32/h4-10,16,21-23,33H,3,11-15,17-19H2,1-2H3/p-1/b28-20+. The smallest absolute Gasteiger partial charge is 0.339 e. The summed E-state index contributed by atoms with van der Waals surface area (Å²) in [6.07, 6.45) is 9.60. The largest absolute Gasteiger partial charge is 0.875 e. The minimum Gasteiger partial charge on any atom is -0.875 e. The van der Waals surface area contributed by atoms with Crippen LogP contribution in [0.1, 0.15) is 75.5 Å². The molecule has 4 heteroatoms. The van der Waals surface area contributed by atoms with Crippen molar-refractivity contribution in [2.75, 3.05) is 13.2 Å². The summed E-state index contributed by atoms with van der Waals surface area (Å²) in [6.45, 7) is 4.26. The molecule has 0 atom stereocenters. The predicted octanol–water partition coefficient (Wildman–Crippen LogP) is 6.14. The molecule has 4 fully saturated rings. The van der Waals surface area contributed by atoms with Crippen molar-refractivity contribution < 1.29 is 19.4 Å². The lowest BCUT2D eigenvalue weighted by Crippen LogP contribution is -2.46. The number of benzene rings is 2. The predicted molar refractivity (Wildman–Crippen MR) is 139 cm³/mol. The minimum atomic E-state index is -0.456. The van der Waals surface area contributed by atoms with Crippen molar-refractivity contribution >= 4 is 17.1 Å². The highest BCUT2D eigenvalue weighted by atomic mass is 16.5. The number of fused-ring (bicyclic) bond motifs is 1. The van der Waals surface area contributed by atoms with Gasteiger partial charge in [-0.15, -0.1) is 5.76 Å². The second-order valence-corrected chi connectivity index (χ2v) is 11.5. The summed E-state index contributed by atoms with van der Waals surface area (Å²) in [5.41, 5.74) is 4.55. The van der Waals surface area contributed by atoms with Crippen LogP contribution in [0.4, 0.5) is 0 Å². The van der Waals surface area contributed by atoms with Crippen LogP contribution in [-0.2, 0) is 9.53 Å². The number of hydrogen-bond donors (Lipinski definition) is 0. The molecule has 188 valence electrons. The molecule has 0 spiro atoms. The van der Waals surface area contributed by atoms with Crippen molar-refractivity contribution in [1.29, 1.82) is 0 Å². The van der Waals surface area contributed by atoms with Gasteiger partial charge in [0.25, 0.3) is 0 Å². The summed E-state index contributed by atoms with van der Waals surface area (Å²) in [6, 6.07) is 15.7. The Hall–Kier alpha value is -3.01. The molecule has 7 rings (SSSR count). The number of esters is 1. The highest BCUT2D eigenvalue weighted by Gasteiger charge is 2.50. The molecule has 0 unspecified atom stereocenters. The zero-order valence-electron chi connectivity index (χ0n) is 21.3. The number of allylic oxidation sites excluding steroid dienone is 1. The van der Waals surface area contributed by atoms with Crippen LogP contribution in [0.3, 0.4) is 0 Å². The van der Waals surface area contributed by atoms with Crippen LogP contribution < -0.4 is 9.84 Å². The first-order valence-corrected chi connectivity index (χ1v) is 13.6. The average molecular weight is 484 g/mol. The molecule has 36 heavy (non-hydrogen) atoms. The molecule has 4 nitrogen and oxygen atoms in total. The third kappa shape index (κ3) is 4.05. The van der Waals surface area contributed by atoms with Gasteiger partial charge in [-0.3, -0.25) is 0 Å². The van der Waals surface area contributed by atoms with Gasteiger partial charge in [-0.1, -0.05) is 43.3 Å². The van der Waals surface area contributed by atoms with Gasteiger partial charge in [0.1, 0.15) is 5.75 Å². The van der Waals surface area contributed by atoms with E-state index in [1.165, 1.54) is 45.4 Å². The van der Waals surface area contributed by atoms with Gasteiger partial charge >= 0.3 is 5.97 Å². The van der Waals surface area contributed by atoms with Gasteiger partial charge in [-0.25, -0.2) is 4.79 Å². The lowest BCUT2D eigenvalue weighted by Gasteiger charge is -2.57. The number of carbonyl (C=O) groups excluding carboxylic acids is 1. The molecule has 5 aliphatic rings. The average Bonchev–Trinajstić information content (AvgIpc) is 3.19. The maximum Gasteiger partial charge on any atom is 0.339 e. The molecule has 4 saturated carbocycles. The van der Waals surface area contributed by atoms with Crippen LogP contribution in [0, 0.1) is 23.2 Å². The molecule has 0 aliphatic heterocycles. The molecule has 4 bridgehead atoms. The summed E-state index contributed by atoms with van der Waals surface area (Å²) >= 11 is 0. The third-order valence-corrected chi connectivity index (χ3v) is 8.99. The third-order valence-electron chi connectivity index (χ3n) is 8.99. The lowest BCUT2D eigenvalue weighted by molar-refractivity contribution is -0.300. The number of hydrogen-bond acceptors (Lipinski definition) is 4. The van der Waals surface area contributed by atoms with E-state index in [1.807, 2.05) is 48.5 Å². The van der Waals surface area contributed by atoms with E-state index in [-0.39, 0.29) is 12.4 Å². The molecule has 0 amide bonds. The van der Waals surface area contributed by atoms with E-state index in [2.05, 4.69) is 0 Å². The minimum absolute atomic E-state index is 0.143. The van der Waals surface area contributed by atoms with Crippen LogP contribution in [0.2, 0.25) is 0 Å². The normalized spacial score (nSPS) is 29.3. The number of rotatable bonds is 7. The van der Waals surface area contributed by atoms with Crippen molar-refractivity contribution in [2.24, 2.45) is 23.2 Å². The second-order valence-electron chi connectivity index (χ2n) is 11.5. The molecule has 2 aromatic rings. The lowest BCUT2D eigenvalue weighted by atomic mass is 9.49. The van der Waals surface area contributed by atoms with Crippen LogP contribution in [0.5, 0.6) is 5.75 Å². The van der Waals surface area contributed by atoms with Crippen molar-refractivity contribution in [2.45, 2.75) is 58.8 Å². The zero-order valence-corrected chi connectivity index (χ0v) is 21.3. The Balaban J connectivity index is 1.28. The van der Waals surface area contributed by atoms with Gasteiger partial charge in [0.05, 0.1) is 18.8 Å². The van der Waals surface area contributed by atoms with E-state index in [1.54, 1.807) is 6.92 Å². The molecular weight excluding hydrogens is 448 g/mol. The summed E-state index contributed by atoms with van der Waals surface area (Å²) in [7, 11) is 0. The Labute approximate surface area is 214 Å². The Morgan fingerprint density at radius 1 is 0.972 bits per heavy atom. The maximum atomic E-state index is 13.1. The van der Waals surface area contributed by atoms with Crippen LogP contribution in [0.15, 0.2) is 59.9 Å². The van der Waals surface area contributed by atoms with E-state index < -0.39 is 5.97 Å². The van der Waals surface area contributed by atoms with E-state index in [0.717, 1.165) is 52.2 Å². The Morgan fingerprint density at radius 2 is 1.64 bits per heavy atom. The maximum absolute atomic E-state index is 13.1. The van der Waals surface area contributed by atoms with Crippen molar-refractivity contribution in [3.63, 3.8) is 0 Å². The SMILES string of the molecule is CCOC(=O)C1=C(c2ccccc2)c2ccc(OCCC34CC5CC(CC(C5)C3)C4)cc2/C1=C(/C)[O-]. The molecule has 0 heterocycles. The molecule has 0 saturated heterocycles. The Bertz CT molecular complexity index is 1200. The Kier molecular flexibility index (Phi) is 5.94. The van der Waals surface area contributed by atoms with Gasteiger partial charge in [-0.2, -0.15) is 0 Å². The molecule has 5 aliphatic carbocycles. The first-order valence-electron chi connectivity index (χ1n) is 13.6. The zero-order chi connectivity index (χ0) is 24.9. The monoisotopic (exact) mass is 483 g/mol. The number of carbonyl (C=O) groups is 1. The van der Waals surface area contributed by atoms with E-state index >= 15 is 0 Å². The van der Waals surface area contributed by atoms with Gasteiger partial charge in [0.15, 0.2) is 0 Å². The number of ether oxygens (including phenoxy) is 2. The Morgan fingerprint density at radius 3 is 2.25 bits per heavy atom. The van der Waals surface area contributed by atoms with Crippen LogP contribution in [-0.4, -0.2) is 19.2 Å². The quantitative estimate of drug-likeness (QED) is 0.351. The summed E-state index contributed by atoms with van der Waals surface area (Å²) in [5.74, 6) is 2.97. The van der Waals surface area contributed by atoms with E-state index in [0.29, 0.717) is 23.2 Å². The summed E-state index contributed by atoms with van der Waals surface area (Å²) in [5, 5.41) is 12.9. The highest BCUT2D eigenvalue weighted by Crippen LogP contribution is 2.61. The van der Waals surface area contributed by atoms with Crippen molar-refractivity contribution in [3.05, 3.63) is 76.6 Å². The van der Waals surface area contributed by atoms with Crippen molar-refractivity contribution in [3.8, 4) is 5.75 Å². The second kappa shape index (κ2) is 9.14. The molecule has 0 N–H and O–H groups in total. The van der Waals surface area contributed by atoms with Crippen LogP contribution >= 0.6 is 0 Å². The van der Waals surface area contributed by atoms with Gasteiger partial charge in [0.2, 0.25) is 0 Å². The van der Waals surface area contributed by atoms with E-state index in [9.17, 15) is 9.90 Å². The molecule has 0 aromatic heterocycles. The first kappa shape index (κ1) is 23.4. The topological polar surface area (TPSA) is 58.6 Å².